The summed E-state index contributed by atoms with van der Waals surface area (Å²) in [6, 6.07) is 10.6. The molecule has 0 bridgehead atoms. The van der Waals surface area contributed by atoms with Crippen molar-refractivity contribution in [2.45, 2.75) is 44.8 Å². The van der Waals surface area contributed by atoms with Gasteiger partial charge in [0.2, 0.25) is 5.91 Å². The summed E-state index contributed by atoms with van der Waals surface area (Å²) >= 11 is 0. The molecule has 0 aromatic heterocycles. The van der Waals surface area contributed by atoms with Gasteiger partial charge in [0.25, 0.3) is 0 Å². The van der Waals surface area contributed by atoms with E-state index in [1.54, 1.807) is 0 Å². The minimum Gasteiger partial charge on any atom is -0.352 e. The van der Waals surface area contributed by atoms with Crippen molar-refractivity contribution >= 4 is 5.91 Å². The molecule has 21 heavy (non-hydrogen) atoms. The molecule has 1 aromatic rings. The predicted molar refractivity (Wildman–Crippen MR) is 86.1 cm³/mol. The van der Waals surface area contributed by atoms with E-state index in [4.69, 9.17) is 0 Å². The van der Waals surface area contributed by atoms with Crippen LogP contribution in [0.1, 0.15) is 38.3 Å². The van der Waals surface area contributed by atoms with Crippen LogP contribution in [0, 0.1) is 0 Å². The number of benzene rings is 1. The Bertz CT molecular complexity index is 449. The Hall–Kier alpha value is -1.39. The monoisotopic (exact) mass is 289 g/mol. The molecule has 2 rings (SSSR count). The van der Waals surface area contributed by atoms with Crippen LogP contribution in [0.4, 0.5) is 0 Å². The third-order valence-electron chi connectivity index (χ3n) is 4.27. The molecule has 4 nitrogen and oxygen atoms in total. The Morgan fingerprint density at radius 2 is 2.14 bits per heavy atom. The lowest BCUT2D eigenvalue weighted by atomic mass is 9.99. The predicted octanol–water partition coefficient (Wildman–Crippen LogP) is 1.94. The van der Waals surface area contributed by atoms with E-state index in [1.165, 1.54) is 0 Å². The van der Waals surface area contributed by atoms with E-state index in [1.807, 2.05) is 37.4 Å². The molecule has 4 heteroatoms. The van der Waals surface area contributed by atoms with Crippen LogP contribution in [0.15, 0.2) is 30.3 Å². The van der Waals surface area contributed by atoms with Gasteiger partial charge in [-0.15, -0.1) is 0 Å². The van der Waals surface area contributed by atoms with Crippen molar-refractivity contribution in [2.24, 2.45) is 0 Å². The maximum Gasteiger partial charge on any atom is 0.242 e. The molecule has 0 radical (unpaired) electrons. The minimum atomic E-state index is -0.207. The summed E-state index contributed by atoms with van der Waals surface area (Å²) in [5.74, 6) is 0.115. The average Bonchev–Trinajstić information content (AvgIpc) is 2.48. The lowest BCUT2D eigenvalue weighted by molar-refractivity contribution is -0.127. The fourth-order valence-corrected chi connectivity index (χ4v) is 2.97. The number of hydrogen-bond donors (Lipinski definition) is 2. The van der Waals surface area contributed by atoms with Gasteiger partial charge in [-0.2, -0.15) is 0 Å². The number of rotatable bonds is 5. The van der Waals surface area contributed by atoms with Gasteiger partial charge >= 0.3 is 0 Å². The summed E-state index contributed by atoms with van der Waals surface area (Å²) in [6.07, 6.45) is 2.01. The molecular weight excluding hydrogens is 262 g/mol. The zero-order chi connectivity index (χ0) is 15.2. The molecule has 1 amide bonds. The Kier molecular flexibility index (Phi) is 5.76. The first-order valence-corrected chi connectivity index (χ1v) is 7.90. The fraction of sp³-hybridized carbons (Fsp3) is 0.588. The van der Waals surface area contributed by atoms with E-state index in [-0.39, 0.29) is 18.0 Å². The molecule has 1 aliphatic heterocycles. The molecular formula is C17H27N3O. The number of carbonyl (C=O) groups excluding carboxylic acids is 1. The van der Waals surface area contributed by atoms with Gasteiger partial charge in [-0.3, -0.25) is 9.69 Å². The van der Waals surface area contributed by atoms with E-state index in [2.05, 4.69) is 29.4 Å². The molecule has 1 fully saturated rings. The summed E-state index contributed by atoms with van der Waals surface area (Å²) < 4.78 is 0. The van der Waals surface area contributed by atoms with Crippen molar-refractivity contribution in [2.75, 3.05) is 20.1 Å². The molecule has 0 spiro atoms. The van der Waals surface area contributed by atoms with Gasteiger partial charge in [0.1, 0.15) is 6.04 Å². The van der Waals surface area contributed by atoms with E-state index in [0.29, 0.717) is 6.04 Å². The Labute approximate surface area is 127 Å². The van der Waals surface area contributed by atoms with Gasteiger partial charge in [0.15, 0.2) is 0 Å². The van der Waals surface area contributed by atoms with Gasteiger partial charge in [-0.1, -0.05) is 37.3 Å². The van der Waals surface area contributed by atoms with Crippen molar-refractivity contribution in [3.63, 3.8) is 0 Å². The van der Waals surface area contributed by atoms with Gasteiger partial charge in [-0.25, -0.2) is 0 Å². The van der Waals surface area contributed by atoms with Crippen molar-refractivity contribution in [3.8, 4) is 0 Å². The number of likely N-dealkylation sites (N-methyl/N-ethyl adjacent to an activating group) is 1. The number of nitrogens with zero attached hydrogens (tertiary/aromatic N) is 1. The van der Waals surface area contributed by atoms with E-state index >= 15 is 0 Å². The van der Waals surface area contributed by atoms with Crippen LogP contribution in [0.5, 0.6) is 0 Å². The van der Waals surface area contributed by atoms with Gasteiger partial charge in [-0.05, 0) is 45.5 Å². The highest BCUT2D eigenvalue weighted by atomic mass is 16.2. The summed E-state index contributed by atoms with van der Waals surface area (Å²) in [4.78, 5) is 14.8. The highest BCUT2D eigenvalue weighted by Gasteiger charge is 2.27. The second-order valence-corrected chi connectivity index (χ2v) is 5.97. The van der Waals surface area contributed by atoms with E-state index in [9.17, 15) is 4.79 Å². The molecule has 1 saturated heterocycles. The number of amides is 1. The van der Waals surface area contributed by atoms with Crippen LogP contribution in [0.2, 0.25) is 0 Å². The minimum absolute atomic E-state index is 0.115. The highest BCUT2D eigenvalue weighted by Crippen LogP contribution is 2.20. The third-order valence-corrected chi connectivity index (χ3v) is 4.27. The maximum atomic E-state index is 12.7. The lowest BCUT2D eigenvalue weighted by Crippen LogP contribution is -2.49. The van der Waals surface area contributed by atoms with E-state index in [0.717, 1.165) is 31.5 Å². The number of carbonyl (C=O) groups is 1. The molecule has 1 aliphatic rings. The Morgan fingerprint density at radius 3 is 2.76 bits per heavy atom. The molecule has 2 N–H and O–H groups in total. The molecule has 3 unspecified atom stereocenters. The Morgan fingerprint density at radius 1 is 1.43 bits per heavy atom. The summed E-state index contributed by atoms with van der Waals surface area (Å²) in [5, 5.41) is 6.66. The van der Waals surface area contributed by atoms with Gasteiger partial charge in [0, 0.05) is 12.1 Å². The quantitative estimate of drug-likeness (QED) is 0.870. The molecule has 1 aromatic carbocycles. The smallest absolute Gasteiger partial charge is 0.242 e. The number of nitrogens with one attached hydrogen (secondary N) is 2. The van der Waals surface area contributed by atoms with Crippen LogP contribution in [-0.2, 0) is 4.79 Å². The number of hydrogen-bond acceptors (Lipinski definition) is 3. The summed E-state index contributed by atoms with van der Waals surface area (Å²) in [5.41, 5.74) is 1.06. The normalized spacial score (nSPS) is 23.8. The molecule has 0 saturated carbocycles. The standard InChI is InChI=1S/C17H27N3O/c1-4-20(3)16(14-8-6-5-7-9-14)17(21)19-15-10-11-18-13(2)12-15/h5-9,13,15-16,18H,4,10-12H2,1-3H3,(H,19,21). The zero-order valence-corrected chi connectivity index (χ0v) is 13.3. The van der Waals surface area contributed by atoms with Gasteiger partial charge < -0.3 is 10.6 Å². The SMILES string of the molecule is CCN(C)C(C(=O)NC1CCNC(C)C1)c1ccccc1. The first-order chi connectivity index (χ1) is 10.1. The second kappa shape index (κ2) is 7.57. The summed E-state index contributed by atoms with van der Waals surface area (Å²) in [7, 11) is 2.00. The van der Waals surface area contributed by atoms with Crippen molar-refractivity contribution in [3.05, 3.63) is 35.9 Å². The van der Waals surface area contributed by atoms with Crippen LogP contribution < -0.4 is 10.6 Å². The number of piperidine rings is 1. The maximum absolute atomic E-state index is 12.7. The van der Waals surface area contributed by atoms with Crippen molar-refractivity contribution < 1.29 is 4.79 Å². The molecule has 3 atom stereocenters. The second-order valence-electron chi connectivity index (χ2n) is 5.97. The molecule has 0 aliphatic carbocycles. The van der Waals surface area contributed by atoms with Crippen LogP contribution >= 0.6 is 0 Å². The lowest BCUT2D eigenvalue weighted by Gasteiger charge is -2.32. The average molecular weight is 289 g/mol. The van der Waals surface area contributed by atoms with Crippen LogP contribution in [-0.4, -0.2) is 43.0 Å². The van der Waals surface area contributed by atoms with E-state index < -0.39 is 0 Å². The van der Waals surface area contributed by atoms with Gasteiger partial charge in [0.05, 0.1) is 0 Å². The highest BCUT2D eigenvalue weighted by molar-refractivity contribution is 5.83. The topological polar surface area (TPSA) is 44.4 Å². The van der Waals surface area contributed by atoms with Crippen LogP contribution in [0.25, 0.3) is 0 Å². The summed E-state index contributed by atoms with van der Waals surface area (Å²) in [6.45, 7) is 6.07. The molecule has 1 heterocycles. The fourth-order valence-electron chi connectivity index (χ4n) is 2.97. The van der Waals surface area contributed by atoms with Crippen molar-refractivity contribution in [1.29, 1.82) is 0 Å². The third kappa shape index (κ3) is 4.29. The van der Waals surface area contributed by atoms with Crippen molar-refractivity contribution in [1.82, 2.24) is 15.5 Å². The first-order valence-electron chi connectivity index (χ1n) is 7.90. The van der Waals surface area contributed by atoms with Crippen LogP contribution in [0.3, 0.4) is 0 Å². The largest absolute Gasteiger partial charge is 0.352 e. The first kappa shape index (κ1) is 16.0. The molecule has 116 valence electrons. The Balaban J connectivity index is 2.08. The zero-order valence-electron chi connectivity index (χ0n) is 13.3.